The van der Waals surface area contributed by atoms with Crippen molar-refractivity contribution in [3.8, 4) is 0 Å². The van der Waals surface area contributed by atoms with Crippen LogP contribution in [0.2, 0.25) is 0 Å². The smallest absolute Gasteiger partial charge is 0.151 e. The van der Waals surface area contributed by atoms with Crippen molar-refractivity contribution in [3.05, 3.63) is 21.9 Å². The van der Waals surface area contributed by atoms with Crippen LogP contribution in [0, 0.1) is 0 Å². The number of hydrogen-bond acceptors (Lipinski definition) is 4. The van der Waals surface area contributed by atoms with Crippen LogP contribution >= 0.6 is 11.3 Å². The summed E-state index contributed by atoms with van der Waals surface area (Å²) in [7, 11) is -2.81. The van der Waals surface area contributed by atoms with Gasteiger partial charge in [0.1, 0.15) is 0 Å². The van der Waals surface area contributed by atoms with Gasteiger partial charge in [0.15, 0.2) is 9.84 Å². The van der Waals surface area contributed by atoms with Crippen LogP contribution in [0.1, 0.15) is 22.8 Å². The molecule has 0 bridgehead atoms. The van der Waals surface area contributed by atoms with Crippen LogP contribution in [0.5, 0.6) is 0 Å². The van der Waals surface area contributed by atoms with Crippen LogP contribution in [0.15, 0.2) is 11.4 Å². The van der Waals surface area contributed by atoms with E-state index in [-0.39, 0.29) is 5.92 Å². The van der Waals surface area contributed by atoms with Crippen LogP contribution in [-0.2, 0) is 16.4 Å². The van der Waals surface area contributed by atoms with E-state index in [1.807, 2.05) is 0 Å². The fourth-order valence-electron chi connectivity index (χ4n) is 2.58. The highest BCUT2D eigenvalue weighted by molar-refractivity contribution is 7.91. The van der Waals surface area contributed by atoms with Crippen molar-refractivity contribution in [1.82, 2.24) is 5.32 Å². The van der Waals surface area contributed by atoms with E-state index >= 15 is 0 Å². The minimum Gasteiger partial charge on any atom is -0.308 e. The van der Waals surface area contributed by atoms with E-state index in [1.165, 1.54) is 10.4 Å². The molecular weight excluding hydrogens is 230 g/mol. The summed E-state index contributed by atoms with van der Waals surface area (Å²) < 4.78 is 23.2. The molecule has 2 aliphatic heterocycles. The Morgan fingerprint density at radius 3 is 3.20 bits per heavy atom. The van der Waals surface area contributed by atoms with Crippen molar-refractivity contribution in [2.75, 3.05) is 11.5 Å². The van der Waals surface area contributed by atoms with E-state index in [1.54, 1.807) is 11.3 Å². The van der Waals surface area contributed by atoms with Crippen LogP contribution in [0.25, 0.3) is 0 Å². The SMILES string of the molecule is O=S1(=O)CCC2NCc3sccc3C2C1. The lowest BCUT2D eigenvalue weighted by Gasteiger charge is -2.36. The molecule has 1 fully saturated rings. The maximum atomic E-state index is 11.6. The van der Waals surface area contributed by atoms with E-state index in [2.05, 4.69) is 16.8 Å². The lowest BCUT2D eigenvalue weighted by atomic mass is 9.88. The van der Waals surface area contributed by atoms with Crippen molar-refractivity contribution in [1.29, 1.82) is 0 Å². The predicted molar refractivity (Wildman–Crippen MR) is 61.0 cm³/mol. The van der Waals surface area contributed by atoms with E-state index in [4.69, 9.17) is 0 Å². The van der Waals surface area contributed by atoms with Gasteiger partial charge in [-0.3, -0.25) is 0 Å². The third kappa shape index (κ3) is 1.62. The summed E-state index contributed by atoms with van der Waals surface area (Å²) in [5, 5.41) is 5.51. The molecule has 1 saturated heterocycles. The summed E-state index contributed by atoms with van der Waals surface area (Å²) in [6.45, 7) is 0.911. The molecule has 1 aromatic heterocycles. The Bertz CT molecular complexity index is 477. The van der Waals surface area contributed by atoms with E-state index in [0.29, 0.717) is 17.5 Å². The first-order valence-electron chi connectivity index (χ1n) is 5.16. The molecule has 2 atom stereocenters. The van der Waals surface area contributed by atoms with Gasteiger partial charge in [0.25, 0.3) is 0 Å². The molecule has 2 aliphatic rings. The average Bonchev–Trinajstić information content (AvgIpc) is 2.64. The average molecular weight is 243 g/mol. The van der Waals surface area contributed by atoms with Gasteiger partial charge in [-0.1, -0.05) is 0 Å². The third-order valence-electron chi connectivity index (χ3n) is 3.36. The van der Waals surface area contributed by atoms with Crippen molar-refractivity contribution < 1.29 is 8.42 Å². The maximum absolute atomic E-state index is 11.6. The van der Waals surface area contributed by atoms with Gasteiger partial charge in [-0.2, -0.15) is 0 Å². The first-order chi connectivity index (χ1) is 7.16. The second kappa shape index (κ2) is 3.30. The molecule has 3 nitrogen and oxygen atoms in total. The second-order valence-electron chi connectivity index (χ2n) is 4.30. The van der Waals surface area contributed by atoms with Gasteiger partial charge >= 0.3 is 0 Å². The number of fused-ring (bicyclic) bond motifs is 3. The number of rotatable bonds is 0. The Hall–Kier alpha value is -0.390. The quantitative estimate of drug-likeness (QED) is 0.743. The summed E-state index contributed by atoms with van der Waals surface area (Å²) in [4.78, 5) is 1.31. The Balaban J connectivity index is 2.01. The molecule has 3 rings (SSSR count). The second-order valence-corrected chi connectivity index (χ2v) is 7.53. The zero-order valence-electron chi connectivity index (χ0n) is 8.27. The molecule has 5 heteroatoms. The Morgan fingerprint density at radius 2 is 2.33 bits per heavy atom. The molecule has 82 valence electrons. The third-order valence-corrected chi connectivity index (χ3v) is 6.02. The van der Waals surface area contributed by atoms with Gasteiger partial charge < -0.3 is 5.32 Å². The highest BCUT2D eigenvalue weighted by atomic mass is 32.2. The molecule has 0 aliphatic carbocycles. The minimum atomic E-state index is -2.81. The normalized spacial score (nSPS) is 33.1. The predicted octanol–water partition coefficient (Wildman–Crippen LogP) is 1.12. The van der Waals surface area contributed by atoms with Gasteiger partial charge in [-0.25, -0.2) is 8.42 Å². The summed E-state index contributed by atoms with van der Waals surface area (Å²) in [5.41, 5.74) is 1.27. The largest absolute Gasteiger partial charge is 0.308 e. The van der Waals surface area contributed by atoms with E-state index < -0.39 is 9.84 Å². The molecule has 0 saturated carbocycles. The molecule has 3 heterocycles. The molecule has 2 unspecified atom stereocenters. The van der Waals surface area contributed by atoms with Crippen LogP contribution in [-0.4, -0.2) is 26.0 Å². The molecule has 1 N–H and O–H groups in total. The monoisotopic (exact) mass is 243 g/mol. The topological polar surface area (TPSA) is 46.2 Å². The molecule has 0 radical (unpaired) electrons. The summed E-state index contributed by atoms with van der Waals surface area (Å²) in [6.07, 6.45) is 0.766. The number of thiophene rings is 1. The van der Waals surface area contributed by atoms with Gasteiger partial charge in [-0.15, -0.1) is 11.3 Å². The maximum Gasteiger partial charge on any atom is 0.151 e. The van der Waals surface area contributed by atoms with E-state index in [9.17, 15) is 8.42 Å². The number of hydrogen-bond donors (Lipinski definition) is 1. The molecule has 0 spiro atoms. The standard InChI is InChI=1S/C10H13NO2S2/c12-15(13)4-2-9-8(6-15)7-1-3-14-10(7)5-11-9/h1,3,8-9,11H,2,4-6H2. The van der Waals surface area contributed by atoms with Crippen LogP contribution in [0.4, 0.5) is 0 Å². The summed E-state index contributed by atoms with van der Waals surface area (Å²) >= 11 is 1.72. The lowest BCUT2D eigenvalue weighted by Crippen LogP contribution is -2.46. The first kappa shape index (κ1) is 9.81. The van der Waals surface area contributed by atoms with Gasteiger partial charge in [0, 0.05) is 23.4 Å². The highest BCUT2D eigenvalue weighted by Gasteiger charge is 2.37. The minimum absolute atomic E-state index is 0.193. The van der Waals surface area contributed by atoms with Gasteiger partial charge in [-0.05, 0) is 23.4 Å². The Morgan fingerprint density at radius 1 is 1.47 bits per heavy atom. The summed E-state index contributed by atoms with van der Waals surface area (Å²) in [5.74, 6) is 0.869. The van der Waals surface area contributed by atoms with Crippen molar-refractivity contribution >= 4 is 21.2 Å². The molecule has 1 aromatic rings. The summed E-state index contributed by atoms with van der Waals surface area (Å²) in [6, 6.07) is 2.47. The Kier molecular flexibility index (Phi) is 2.16. The molecule has 0 amide bonds. The number of sulfone groups is 1. The van der Waals surface area contributed by atoms with Crippen molar-refractivity contribution in [3.63, 3.8) is 0 Å². The van der Waals surface area contributed by atoms with Crippen molar-refractivity contribution in [2.45, 2.75) is 24.9 Å². The van der Waals surface area contributed by atoms with Crippen LogP contribution in [0.3, 0.4) is 0 Å². The van der Waals surface area contributed by atoms with Crippen LogP contribution < -0.4 is 5.32 Å². The molecule has 0 aromatic carbocycles. The van der Waals surface area contributed by atoms with Crippen molar-refractivity contribution in [2.24, 2.45) is 0 Å². The fourth-order valence-corrected chi connectivity index (χ4v) is 5.22. The molecular formula is C10H13NO2S2. The highest BCUT2D eigenvalue weighted by Crippen LogP contribution is 2.36. The van der Waals surface area contributed by atoms with Gasteiger partial charge in [0.2, 0.25) is 0 Å². The zero-order chi connectivity index (χ0) is 10.5. The zero-order valence-corrected chi connectivity index (χ0v) is 9.90. The number of nitrogens with one attached hydrogen (secondary N) is 1. The fraction of sp³-hybridized carbons (Fsp3) is 0.600. The first-order valence-corrected chi connectivity index (χ1v) is 7.86. The van der Waals surface area contributed by atoms with E-state index in [0.717, 1.165) is 13.0 Å². The van der Waals surface area contributed by atoms with Gasteiger partial charge in [0.05, 0.1) is 11.5 Å². The Labute approximate surface area is 93.4 Å². The molecule has 15 heavy (non-hydrogen) atoms. The lowest BCUT2D eigenvalue weighted by molar-refractivity contribution is 0.399.